The molecule has 1 N–H and O–H groups in total. The summed E-state index contributed by atoms with van der Waals surface area (Å²) in [4.78, 5) is 7.18. The summed E-state index contributed by atoms with van der Waals surface area (Å²) in [7, 11) is 0. The molecule has 0 saturated heterocycles. The van der Waals surface area contributed by atoms with Gasteiger partial charge in [-0.25, -0.2) is 9.37 Å². The van der Waals surface area contributed by atoms with Crippen LogP contribution in [0.15, 0.2) is 24.5 Å². The number of nitrogens with zero attached hydrogens (tertiary/aromatic N) is 1. The molecule has 0 bridgehead atoms. The Morgan fingerprint density at radius 3 is 2.78 bits per heavy atom. The Labute approximate surface area is 111 Å². The molecule has 94 valence electrons. The summed E-state index contributed by atoms with van der Waals surface area (Å²) in [5.41, 5.74) is 3.58. The number of hydrogen-bond acceptors (Lipinski definition) is 2. The second-order valence-electron chi connectivity index (χ2n) is 4.33. The van der Waals surface area contributed by atoms with Gasteiger partial charge >= 0.3 is 0 Å². The van der Waals surface area contributed by atoms with Gasteiger partial charge in [0.05, 0.1) is 12.0 Å². The van der Waals surface area contributed by atoms with E-state index in [2.05, 4.69) is 16.9 Å². The lowest BCUT2D eigenvalue weighted by atomic mass is 10.0. The number of aryl methyl sites for hydroxylation is 1. The molecule has 0 fully saturated rings. The summed E-state index contributed by atoms with van der Waals surface area (Å²) in [6.07, 6.45) is 3.38. The van der Waals surface area contributed by atoms with E-state index >= 15 is 0 Å². The van der Waals surface area contributed by atoms with E-state index < -0.39 is 0 Å². The van der Waals surface area contributed by atoms with Gasteiger partial charge in [-0.1, -0.05) is 25.6 Å². The van der Waals surface area contributed by atoms with Gasteiger partial charge in [-0.15, -0.1) is 0 Å². The van der Waals surface area contributed by atoms with Crippen LogP contribution in [0.4, 0.5) is 4.39 Å². The monoisotopic (exact) mass is 262 g/mol. The SMILES string of the molecule is CCCc1c(-c2cc(C)cc(F)c2)[nH]cnc1=S. The minimum atomic E-state index is -0.233. The molecule has 0 aliphatic rings. The molecule has 0 spiro atoms. The Hall–Kier alpha value is -1.55. The van der Waals surface area contributed by atoms with Crippen LogP contribution in [-0.4, -0.2) is 9.97 Å². The Balaban J connectivity index is 2.63. The Bertz CT molecular complexity index is 599. The molecule has 1 heterocycles. The minimum Gasteiger partial charge on any atom is -0.346 e. The predicted octanol–water partition coefficient (Wildman–Crippen LogP) is 4.21. The lowest BCUT2D eigenvalue weighted by Crippen LogP contribution is -1.97. The minimum absolute atomic E-state index is 0.233. The van der Waals surface area contributed by atoms with Crippen LogP contribution in [0.2, 0.25) is 0 Å². The van der Waals surface area contributed by atoms with Gasteiger partial charge in [-0.2, -0.15) is 0 Å². The first kappa shape index (κ1) is 12.9. The van der Waals surface area contributed by atoms with E-state index in [-0.39, 0.29) is 5.82 Å². The molecule has 0 unspecified atom stereocenters. The van der Waals surface area contributed by atoms with Crippen LogP contribution >= 0.6 is 12.2 Å². The van der Waals surface area contributed by atoms with Gasteiger partial charge in [-0.05, 0) is 37.1 Å². The average molecular weight is 262 g/mol. The molecule has 2 rings (SSSR count). The van der Waals surface area contributed by atoms with Gasteiger partial charge in [0, 0.05) is 11.1 Å². The maximum atomic E-state index is 13.5. The molecule has 1 aromatic heterocycles. The second-order valence-corrected chi connectivity index (χ2v) is 4.72. The first-order valence-corrected chi connectivity index (χ1v) is 6.36. The summed E-state index contributed by atoms with van der Waals surface area (Å²) in [6.45, 7) is 3.96. The van der Waals surface area contributed by atoms with Crippen molar-refractivity contribution in [3.8, 4) is 11.3 Å². The van der Waals surface area contributed by atoms with Crippen LogP contribution in [0.1, 0.15) is 24.5 Å². The molecular weight excluding hydrogens is 247 g/mol. The van der Waals surface area contributed by atoms with Crippen LogP contribution in [0, 0.1) is 17.4 Å². The van der Waals surface area contributed by atoms with E-state index in [0.29, 0.717) is 4.64 Å². The van der Waals surface area contributed by atoms with Gasteiger partial charge in [0.25, 0.3) is 0 Å². The van der Waals surface area contributed by atoms with Crippen molar-refractivity contribution in [2.24, 2.45) is 0 Å². The van der Waals surface area contributed by atoms with Gasteiger partial charge in [0.1, 0.15) is 10.5 Å². The van der Waals surface area contributed by atoms with E-state index in [1.165, 1.54) is 12.1 Å². The number of nitrogens with one attached hydrogen (secondary N) is 1. The third-order valence-electron chi connectivity index (χ3n) is 2.78. The van der Waals surface area contributed by atoms with Crippen molar-refractivity contribution < 1.29 is 4.39 Å². The fraction of sp³-hybridized carbons (Fsp3) is 0.286. The number of aromatic nitrogens is 2. The van der Waals surface area contributed by atoms with E-state index in [4.69, 9.17) is 12.2 Å². The van der Waals surface area contributed by atoms with Crippen molar-refractivity contribution in [1.29, 1.82) is 0 Å². The van der Waals surface area contributed by atoms with Crippen molar-refractivity contribution in [3.63, 3.8) is 0 Å². The zero-order chi connectivity index (χ0) is 13.1. The summed E-state index contributed by atoms with van der Waals surface area (Å²) in [5.74, 6) is -0.233. The molecular formula is C14H15FN2S. The van der Waals surface area contributed by atoms with Crippen molar-refractivity contribution in [2.75, 3.05) is 0 Å². The summed E-state index contributed by atoms with van der Waals surface area (Å²) in [5, 5.41) is 0. The van der Waals surface area contributed by atoms with Gasteiger partial charge in [0.15, 0.2) is 0 Å². The fourth-order valence-corrected chi connectivity index (χ4v) is 2.30. The molecule has 0 aliphatic carbocycles. The van der Waals surface area contributed by atoms with Crippen molar-refractivity contribution in [2.45, 2.75) is 26.7 Å². The second kappa shape index (κ2) is 5.40. The van der Waals surface area contributed by atoms with E-state index in [1.807, 2.05) is 13.0 Å². The van der Waals surface area contributed by atoms with Crippen molar-refractivity contribution in [3.05, 3.63) is 46.1 Å². The van der Waals surface area contributed by atoms with Crippen LogP contribution in [0.5, 0.6) is 0 Å². The van der Waals surface area contributed by atoms with Crippen LogP contribution in [-0.2, 0) is 6.42 Å². The quantitative estimate of drug-likeness (QED) is 0.839. The number of hydrogen-bond donors (Lipinski definition) is 1. The standard InChI is InChI=1S/C14H15FN2S/c1-3-4-12-13(16-8-17-14(12)18)10-5-9(2)6-11(15)7-10/h5-8H,3-4H2,1-2H3,(H,16,17,18). The summed E-state index contributed by atoms with van der Waals surface area (Å²) < 4.78 is 14.1. The smallest absolute Gasteiger partial charge is 0.133 e. The third kappa shape index (κ3) is 2.64. The van der Waals surface area contributed by atoms with E-state index in [1.54, 1.807) is 6.33 Å². The number of rotatable bonds is 3. The summed E-state index contributed by atoms with van der Waals surface area (Å²) >= 11 is 5.25. The summed E-state index contributed by atoms with van der Waals surface area (Å²) in [6, 6.07) is 4.98. The zero-order valence-corrected chi connectivity index (χ0v) is 11.3. The molecule has 1 aromatic carbocycles. The molecule has 0 atom stereocenters. The highest BCUT2D eigenvalue weighted by atomic mass is 32.1. The number of aromatic amines is 1. The van der Waals surface area contributed by atoms with E-state index in [9.17, 15) is 4.39 Å². The highest BCUT2D eigenvalue weighted by Gasteiger charge is 2.09. The number of halogens is 1. The van der Waals surface area contributed by atoms with Gasteiger partial charge in [-0.3, -0.25) is 0 Å². The lowest BCUT2D eigenvalue weighted by molar-refractivity contribution is 0.627. The lowest BCUT2D eigenvalue weighted by Gasteiger charge is -2.09. The van der Waals surface area contributed by atoms with Gasteiger partial charge in [0.2, 0.25) is 0 Å². The molecule has 18 heavy (non-hydrogen) atoms. The first-order valence-electron chi connectivity index (χ1n) is 5.96. The molecule has 0 aliphatic heterocycles. The van der Waals surface area contributed by atoms with Crippen molar-refractivity contribution in [1.82, 2.24) is 9.97 Å². The molecule has 0 amide bonds. The van der Waals surface area contributed by atoms with E-state index in [0.717, 1.165) is 35.2 Å². The Morgan fingerprint density at radius 2 is 2.11 bits per heavy atom. The molecule has 2 nitrogen and oxygen atoms in total. The fourth-order valence-electron chi connectivity index (χ4n) is 2.05. The predicted molar refractivity (Wildman–Crippen MR) is 73.5 cm³/mol. The Kier molecular flexibility index (Phi) is 3.87. The van der Waals surface area contributed by atoms with Crippen LogP contribution in [0.25, 0.3) is 11.3 Å². The number of H-pyrrole nitrogens is 1. The maximum Gasteiger partial charge on any atom is 0.133 e. The molecule has 4 heteroatoms. The zero-order valence-electron chi connectivity index (χ0n) is 10.5. The normalized spacial score (nSPS) is 10.6. The third-order valence-corrected chi connectivity index (χ3v) is 3.13. The molecule has 0 radical (unpaired) electrons. The Morgan fingerprint density at radius 1 is 1.33 bits per heavy atom. The van der Waals surface area contributed by atoms with Crippen LogP contribution in [0.3, 0.4) is 0 Å². The van der Waals surface area contributed by atoms with Crippen LogP contribution < -0.4 is 0 Å². The van der Waals surface area contributed by atoms with Gasteiger partial charge < -0.3 is 4.98 Å². The van der Waals surface area contributed by atoms with Crippen molar-refractivity contribution >= 4 is 12.2 Å². The average Bonchev–Trinajstić information content (AvgIpc) is 2.30. The first-order chi connectivity index (χ1) is 8.61. The highest BCUT2D eigenvalue weighted by molar-refractivity contribution is 7.71. The maximum absolute atomic E-state index is 13.5. The molecule has 2 aromatic rings. The molecule has 0 saturated carbocycles. The number of benzene rings is 1. The highest BCUT2D eigenvalue weighted by Crippen LogP contribution is 2.24. The topological polar surface area (TPSA) is 28.7 Å². The largest absolute Gasteiger partial charge is 0.346 e.